The molecule has 1 aromatic heterocycles. The fourth-order valence-corrected chi connectivity index (χ4v) is 3.55. The zero-order valence-corrected chi connectivity index (χ0v) is 14.3. The van der Waals surface area contributed by atoms with Gasteiger partial charge in [0.2, 0.25) is 17.7 Å². The molecule has 0 aromatic carbocycles. The Labute approximate surface area is 146 Å². The summed E-state index contributed by atoms with van der Waals surface area (Å²) in [6.07, 6.45) is 7.25. The summed E-state index contributed by atoms with van der Waals surface area (Å²) in [5.74, 6) is 0.581. The number of aromatic nitrogens is 2. The van der Waals surface area contributed by atoms with Gasteiger partial charge in [0.05, 0.1) is 4.92 Å². The van der Waals surface area contributed by atoms with Gasteiger partial charge in [-0.3, -0.25) is 14.9 Å². The molecule has 2 aliphatic rings. The van der Waals surface area contributed by atoms with Gasteiger partial charge in [-0.2, -0.15) is 4.98 Å². The maximum absolute atomic E-state index is 12.7. The second-order valence-corrected chi connectivity index (χ2v) is 6.70. The Morgan fingerprint density at radius 1 is 1.16 bits per heavy atom. The highest BCUT2D eigenvalue weighted by molar-refractivity contribution is 5.79. The van der Waals surface area contributed by atoms with Crippen molar-refractivity contribution in [2.24, 2.45) is 5.92 Å². The number of nitro groups is 1. The highest BCUT2D eigenvalue weighted by Crippen LogP contribution is 2.26. The summed E-state index contributed by atoms with van der Waals surface area (Å²) in [5, 5.41) is 10.8. The third-order valence-corrected chi connectivity index (χ3v) is 5.03. The summed E-state index contributed by atoms with van der Waals surface area (Å²) in [7, 11) is 0. The van der Waals surface area contributed by atoms with Crippen LogP contribution in [0.3, 0.4) is 0 Å². The molecule has 2 aliphatic heterocycles. The van der Waals surface area contributed by atoms with Gasteiger partial charge in [-0.15, -0.1) is 0 Å². The maximum Gasteiger partial charge on any atom is 0.329 e. The Kier molecular flexibility index (Phi) is 5.30. The Morgan fingerprint density at radius 2 is 1.80 bits per heavy atom. The molecule has 2 saturated heterocycles. The topological polar surface area (TPSA) is 118 Å². The number of rotatable bonds is 3. The van der Waals surface area contributed by atoms with Gasteiger partial charge in [0.15, 0.2) is 0 Å². The van der Waals surface area contributed by atoms with Crippen LogP contribution in [0.1, 0.15) is 38.5 Å². The first kappa shape index (κ1) is 17.4. The van der Waals surface area contributed by atoms with Gasteiger partial charge in [-0.05, 0) is 25.7 Å². The van der Waals surface area contributed by atoms with Crippen molar-refractivity contribution in [2.75, 3.05) is 36.8 Å². The molecule has 25 heavy (non-hydrogen) atoms. The van der Waals surface area contributed by atoms with E-state index in [1.54, 1.807) is 0 Å². The van der Waals surface area contributed by atoms with E-state index in [1.807, 2.05) is 9.80 Å². The number of anilines is 2. The fourth-order valence-electron chi connectivity index (χ4n) is 3.55. The van der Waals surface area contributed by atoms with Gasteiger partial charge in [-0.1, -0.05) is 12.8 Å². The van der Waals surface area contributed by atoms with Crippen LogP contribution in [0.2, 0.25) is 0 Å². The van der Waals surface area contributed by atoms with E-state index in [1.165, 1.54) is 12.8 Å². The lowest BCUT2D eigenvalue weighted by Gasteiger charge is -2.34. The number of nitrogens with two attached hydrogens (primary N) is 1. The molecule has 0 radical (unpaired) electrons. The number of piperidine rings is 1. The normalized spacial score (nSPS) is 19.5. The number of amides is 1. The molecule has 0 spiro atoms. The first-order valence-corrected chi connectivity index (χ1v) is 8.87. The Hall–Kier alpha value is -2.45. The highest BCUT2D eigenvalue weighted by atomic mass is 16.6. The van der Waals surface area contributed by atoms with E-state index in [9.17, 15) is 14.9 Å². The minimum Gasteiger partial charge on any atom is -0.378 e. The van der Waals surface area contributed by atoms with Crippen molar-refractivity contribution in [3.05, 3.63) is 16.3 Å². The third-order valence-electron chi connectivity index (χ3n) is 5.03. The zero-order chi connectivity index (χ0) is 17.8. The van der Waals surface area contributed by atoms with Crippen LogP contribution in [-0.2, 0) is 4.79 Å². The van der Waals surface area contributed by atoms with Gasteiger partial charge in [-0.25, -0.2) is 4.98 Å². The molecule has 2 fully saturated rings. The first-order valence-electron chi connectivity index (χ1n) is 8.87. The van der Waals surface area contributed by atoms with E-state index < -0.39 is 4.92 Å². The molecule has 0 unspecified atom stereocenters. The fraction of sp³-hybridized carbons (Fsp3) is 0.688. The van der Waals surface area contributed by atoms with Gasteiger partial charge in [0, 0.05) is 32.1 Å². The molecule has 9 nitrogen and oxygen atoms in total. The lowest BCUT2D eigenvalue weighted by atomic mass is 9.95. The minimum absolute atomic E-state index is 0.0461. The van der Waals surface area contributed by atoms with Gasteiger partial charge < -0.3 is 15.5 Å². The van der Waals surface area contributed by atoms with Crippen molar-refractivity contribution >= 4 is 23.4 Å². The van der Waals surface area contributed by atoms with Gasteiger partial charge in [0.25, 0.3) is 0 Å². The summed E-state index contributed by atoms with van der Waals surface area (Å²) < 4.78 is 0. The molecule has 0 atom stereocenters. The summed E-state index contributed by atoms with van der Waals surface area (Å²) in [5.41, 5.74) is 5.35. The van der Waals surface area contributed by atoms with Gasteiger partial charge >= 0.3 is 5.69 Å². The van der Waals surface area contributed by atoms with Crippen LogP contribution in [0.25, 0.3) is 0 Å². The van der Waals surface area contributed by atoms with E-state index >= 15 is 0 Å². The predicted octanol–water partition coefficient (Wildman–Crippen LogP) is 1.59. The van der Waals surface area contributed by atoms with Crippen molar-refractivity contribution in [1.29, 1.82) is 0 Å². The number of nitrogen functional groups attached to an aromatic ring is 1. The van der Waals surface area contributed by atoms with Gasteiger partial charge in [0.1, 0.15) is 6.20 Å². The second-order valence-electron chi connectivity index (χ2n) is 6.70. The number of likely N-dealkylation sites (tertiary alicyclic amines) is 1. The summed E-state index contributed by atoms with van der Waals surface area (Å²) in [4.78, 5) is 35.0. The molecule has 0 bridgehead atoms. The van der Waals surface area contributed by atoms with E-state index in [-0.39, 0.29) is 23.3 Å². The van der Waals surface area contributed by atoms with Crippen molar-refractivity contribution in [3.8, 4) is 0 Å². The van der Waals surface area contributed by atoms with Crippen molar-refractivity contribution in [2.45, 2.75) is 38.5 Å². The van der Waals surface area contributed by atoms with Crippen LogP contribution in [0.4, 0.5) is 17.5 Å². The first-order chi connectivity index (χ1) is 12.1. The van der Waals surface area contributed by atoms with E-state index in [0.717, 1.165) is 45.0 Å². The molecular weight excluding hydrogens is 324 g/mol. The number of hydrogen-bond acceptors (Lipinski definition) is 7. The summed E-state index contributed by atoms with van der Waals surface area (Å²) >= 11 is 0. The Bertz CT molecular complexity index is 637. The molecule has 1 aromatic rings. The van der Waals surface area contributed by atoms with Crippen LogP contribution in [0.5, 0.6) is 0 Å². The van der Waals surface area contributed by atoms with E-state index in [4.69, 9.17) is 5.73 Å². The van der Waals surface area contributed by atoms with Crippen LogP contribution in [0, 0.1) is 16.0 Å². The third kappa shape index (κ3) is 3.97. The Balaban J connectivity index is 1.59. The smallest absolute Gasteiger partial charge is 0.329 e. The standard InChI is InChI=1S/C16H24N6O3/c17-14-13(22(24)25)11-18-16(19-14)21-9-5-12(6-10-21)15(23)20-7-3-1-2-4-8-20/h11-12H,1-10H2,(H2,17,18,19). The molecule has 1 amide bonds. The lowest BCUT2D eigenvalue weighted by Crippen LogP contribution is -2.43. The summed E-state index contributed by atoms with van der Waals surface area (Å²) in [6.45, 7) is 3.06. The molecule has 9 heteroatoms. The van der Waals surface area contributed by atoms with Crippen LogP contribution >= 0.6 is 0 Å². The summed E-state index contributed by atoms with van der Waals surface area (Å²) in [6, 6.07) is 0. The lowest BCUT2D eigenvalue weighted by molar-refractivity contribution is -0.384. The van der Waals surface area contributed by atoms with Crippen molar-refractivity contribution in [1.82, 2.24) is 14.9 Å². The zero-order valence-electron chi connectivity index (χ0n) is 14.3. The molecule has 0 aliphatic carbocycles. The molecular formula is C16H24N6O3. The van der Waals surface area contributed by atoms with E-state index in [2.05, 4.69) is 9.97 Å². The van der Waals surface area contributed by atoms with Crippen molar-refractivity contribution in [3.63, 3.8) is 0 Å². The Morgan fingerprint density at radius 3 is 2.36 bits per heavy atom. The highest BCUT2D eigenvalue weighted by Gasteiger charge is 2.30. The number of carbonyl (C=O) groups is 1. The van der Waals surface area contributed by atoms with Crippen molar-refractivity contribution < 1.29 is 9.72 Å². The van der Waals surface area contributed by atoms with E-state index in [0.29, 0.717) is 19.0 Å². The minimum atomic E-state index is -0.592. The van der Waals surface area contributed by atoms with Crippen LogP contribution in [0.15, 0.2) is 6.20 Å². The number of nitrogens with zero attached hydrogens (tertiary/aromatic N) is 5. The van der Waals surface area contributed by atoms with Crippen LogP contribution in [-0.4, -0.2) is 51.9 Å². The second kappa shape index (κ2) is 7.62. The largest absolute Gasteiger partial charge is 0.378 e. The number of carbonyl (C=O) groups excluding carboxylic acids is 1. The molecule has 3 heterocycles. The monoisotopic (exact) mass is 348 g/mol. The number of hydrogen-bond donors (Lipinski definition) is 1. The molecule has 2 N–H and O–H groups in total. The molecule has 0 saturated carbocycles. The maximum atomic E-state index is 12.7. The van der Waals surface area contributed by atoms with Crippen LogP contribution < -0.4 is 10.6 Å². The molecule has 136 valence electrons. The predicted molar refractivity (Wildman–Crippen MR) is 93.1 cm³/mol. The average molecular weight is 348 g/mol. The average Bonchev–Trinajstić information content (AvgIpc) is 2.90. The SMILES string of the molecule is Nc1nc(N2CCC(C(=O)N3CCCCCC3)CC2)ncc1[N+](=O)[O-]. The quantitative estimate of drug-likeness (QED) is 0.650. The molecule has 3 rings (SSSR count).